The molecule has 1 saturated heterocycles. The fourth-order valence-corrected chi connectivity index (χ4v) is 2.73. The molecule has 1 N–H and O–H groups in total. The number of nitrogens with zero attached hydrogens (tertiary/aromatic N) is 1. The minimum Gasteiger partial charge on any atom is -0.312 e. The topological polar surface area (TPSA) is 15.3 Å². The first kappa shape index (κ1) is 13.6. The Balaban J connectivity index is 1.91. The Kier molecular flexibility index (Phi) is 4.41. The van der Waals surface area contributed by atoms with Crippen molar-refractivity contribution in [2.45, 2.75) is 33.2 Å². The van der Waals surface area contributed by atoms with Gasteiger partial charge < -0.3 is 10.2 Å². The third-order valence-corrected chi connectivity index (χ3v) is 3.67. The van der Waals surface area contributed by atoms with E-state index in [9.17, 15) is 0 Å². The van der Waals surface area contributed by atoms with Gasteiger partial charge in [-0.1, -0.05) is 44.2 Å². The fourth-order valence-electron chi connectivity index (χ4n) is 2.73. The van der Waals surface area contributed by atoms with E-state index in [2.05, 4.69) is 61.3 Å². The summed E-state index contributed by atoms with van der Waals surface area (Å²) in [7, 11) is 0. The van der Waals surface area contributed by atoms with Crippen LogP contribution < -0.4 is 5.32 Å². The molecule has 1 fully saturated rings. The third-order valence-electron chi connectivity index (χ3n) is 3.67. The van der Waals surface area contributed by atoms with Gasteiger partial charge in [0.2, 0.25) is 0 Å². The Morgan fingerprint density at radius 3 is 2.72 bits per heavy atom. The van der Waals surface area contributed by atoms with Gasteiger partial charge in [0, 0.05) is 32.2 Å². The van der Waals surface area contributed by atoms with E-state index in [1.54, 1.807) is 0 Å². The largest absolute Gasteiger partial charge is 0.312 e. The first-order valence-corrected chi connectivity index (χ1v) is 7.05. The molecule has 1 aliphatic rings. The molecule has 1 heterocycles. The molecule has 100 valence electrons. The Morgan fingerprint density at radius 2 is 2.00 bits per heavy atom. The summed E-state index contributed by atoms with van der Waals surface area (Å²) in [5.74, 6) is 0. The molecule has 0 bridgehead atoms. The number of nitrogens with one attached hydrogen (secondary N) is 1. The van der Waals surface area contributed by atoms with Crippen LogP contribution in [-0.2, 0) is 6.42 Å². The van der Waals surface area contributed by atoms with Crippen molar-refractivity contribution in [3.05, 3.63) is 35.9 Å². The highest BCUT2D eigenvalue weighted by Gasteiger charge is 2.26. The quantitative estimate of drug-likeness (QED) is 0.882. The number of rotatable bonds is 3. The second-order valence-electron chi connectivity index (χ2n) is 6.42. The fraction of sp³-hybridized carbons (Fsp3) is 0.625. The van der Waals surface area contributed by atoms with Crippen molar-refractivity contribution in [3.8, 4) is 0 Å². The summed E-state index contributed by atoms with van der Waals surface area (Å²) < 4.78 is 0. The van der Waals surface area contributed by atoms with Gasteiger partial charge in [0.25, 0.3) is 0 Å². The maximum Gasteiger partial charge on any atom is 0.0166 e. The van der Waals surface area contributed by atoms with E-state index in [-0.39, 0.29) is 0 Å². The molecular weight excluding hydrogens is 220 g/mol. The first-order valence-electron chi connectivity index (χ1n) is 7.05. The average Bonchev–Trinajstić information content (AvgIpc) is 2.47. The number of hydrogen-bond acceptors (Lipinski definition) is 2. The standard InChI is InChI=1S/C16H26N2/c1-14-11-18(13-16(2,3)12-17-14)10-9-15-7-5-4-6-8-15/h4-8,14,17H,9-13H2,1-3H3. The van der Waals surface area contributed by atoms with E-state index in [4.69, 9.17) is 0 Å². The van der Waals surface area contributed by atoms with Crippen LogP contribution in [0.4, 0.5) is 0 Å². The lowest BCUT2D eigenvalue weighted by Crippen LogP contribution is -2.37. The summed E-state index contributed by atoms with van der Waals surface area (Å²) >= 11 is 0. The summed E-state index contributed by atoms with van der Waals surface area (Å²) in [6, 6.07) is 11.4. The van der Waals surface area contributed by atoms with Gasteiger partial charge in [-0.25, -0.2) is 0 Å². The average molecular weight is 246 g/mol. The highest BCUT2D eigenvalue weighted by atomic mass is 15.2. The van der Waals surface area contributed by atoms with Gasteiger partial charge in [-0.2, -0.15) is 0 Å². The predicted octanol–water partition coefficient (Wildman–Crippen LogP) is 2.55. The Labute approximate surface area is 111 Å². The van der Waals surface area contributed by atoms with Crippen molar-refractivity contribution in [2.75, 3.05) is 26.2 Å². The van der Waals surface area contributed by atoms with Crippen LogP contribution in [0.25, 0.3) is 0 Å². The summed E-state index contributed by atoms with van der Waals surface area (Å²) in [5.41, 5.74) is 1.82. The molecule has 0 aromatic heterocycles. The molecule has 1 aromatic carbocycles. The van der Waals surface area contributed by atoms with Gasteiger partial charge >= 0.3 is 0 Å². The monoisotopic (exact) mass is 246 g/mol. The van der Waals surface area contributed by atoms with Crippen LogP contribution >= 0.6 is 0 Å². The van der Waals surface area contributed by atoms with Crippen molar-refractivity contribution in [2.24, 2.45) is 5.41 Å². The van der Waals surface area contributed by atoms with Crippen LogP contribution in [0.2, 0.25) is 0 Å². The lowest BCUT2D eigenvalue weighted by Gasteiger charge is -2.29. The smallest absolute Gasteiger partial charge is 0.0166 e. The van der Waals surface area contributed by atoms with E-state index < -0.39 is 0 Å². The van der Waals surface area contributed by atoms with Gasteiger partial charge in [0.1, 0.15) is 0 Å². The Morgan fingerprint density at radius 1 is 1.28 bits per heavy atom. The van der Waals surface area contributed by atoms with E-state index in [0.717, 1.165) is 19.5 Å². The van der Waals surface area contributed by atoms with Gasteiger partial charge in [-0.05, 0) is 24.3 Å². The molecule has 0 amide bonds. The summed E-state index contributed by atoms with van der Waals surface area (Å²) in [6.07, 6.45) is 1.16. The summed E-state index contributed by atoms with van der Waals surface area (Å²) in [6.45, 7) is 11.6. The Bertz CT molecular complexity index is 359. The SMILES string of the molecule is CC1CN(CCc2ccccc2)CC(C)(C)CN1. The van der Waals surface area contributed by atoms with Gasteiger partial charge in [-0.3, -0.25) is 0 Å². The van der Waals surface area contributed by atoms with Crippen LogP contribution in [0, 0.1) is 5.41 Å². The van der Waals surface area contributed by atoms with E-state index in [0.29, 0.717) is 11.5 Å². The van der Waals surface area contributed by atoms with Crippen molar-refractivity contribution < 1.29 is 0 Å². The molecule has 1 aliphatic heterocycles. The molecular formula is C16H26N2. The molecule has 2 heteroatoms. The van der Waals surface area contributed by atoms with Crippen LogP contribution in [-0.4, -0.2) is 37.1 Å². The zero-order valence-corrected chi connectivity index (χ0v) is 11.9. The maximum absolute atomic E-state index is 3.62. The molecule has 1 atom stereocenters. The summed E-state index contributed by atoms with van der Waals surface area (Å²) in [5, 5.41) is 3.62. The van der Waals surface area contributed by atoms with Gasteiger partial charge in [0.05, 0.1) is 0 Å². The molecule has 1 unspecified atom stereocenters. The van der Waals surface area contributed by atoms with E-state index in [1.165, 1.54) is 18.7 Å². The van der Waals surface area contributed by atoms with E-state index in [1.807, 2.05) is 0 Å². The minimum atomic E-state index is 0.376. The van der Waals surface area contributed by atoms with Gasteiger partial charge in [0.15, 0.2) is 0 Å². The zero-order valence-electron chi connectivity index (χ0n) is 11.9. The highest BCUT2D eigenvalue weighted by molar-refractivity contribution is 5.14. The molecule has 0 saturated carbocycles. The minimum absolute atomic E-state index is 0.376. The van der Waals surface area contributed by atoms with Crippen LogP contribution in [0.15, 0.2) is 30.3 Å². The second kappa shape index (κ2) is 5.85. The van der Waals surface area contributed by atoms with Crippen molar-refractivity contribution >= 4 is 0 Å². The molecule has 18 heavy (non-hydrogen) atoms. The number of hydrogen-bond donors (Lipinski definition) is 1. The molecule has 1 aromatic rings. The van der Waals surface area contributed by atoms with Gasteiger partial charge in [-0.15, -0.1) is 0 Å². The van der Waals surface area contributed by atoms with Crippen LogP contribution in [0.3, 0.4) is 0 Å². The molecule has 0 spiro atoms. The first-order chi connectivity index (χ1) is 8.55. The zero-order chi connectivity index (χ0) is 13.0. The predicted molar refractivity (Wildman–Crippen MR) is 77.8 cm³/mol. The third kappa shape index (κ3) is 4.11. The summed E-state index contributed by atoms with van der Waals surface area (Å²) in [4.78, 5) is 2.61. The van der Waals surface area contributed by atoms with Crippen molar-refractivity contribution in [1.29, 1.82) is 0 Å². The van der Waals surface area contributed by atoms with E-state index >= 15 is 0 Å². The maximum atomic E-state index is 3.62. The van der Waals surface area contributed by atoms with Crippen molar-refractivity contribution in [1.82, 2.24) is 10.2 Å². The Hall–Kier alpha value is -0.860. The normalized spacial score (nSPS) is 24.7. The van der Waals surface area contributed by atoms with Crippen LogP contribution in [0.1, 0.15) is 26.3 Å². The van der Waals surface area contributed by atoms with Crippen LogP contribution in [0.5, 0.6) is 0 Å². The molecule has 2 rings (SSSR count). The lowest BCUT2D eigenvalue weighted by molar-refractivity contribution is 0.204. The molecule has 2 nitrogen and oxygen atoms in total. The highest BCUT2D eigenvalue weighted by Crippen LogP contribution is 2.19. The number of benzene rings is 1. The van der Waals surface area contributed by atoms with Crippen molar-refractivity contribution in [3.63, 3.8) is 0 Å². The lowest BCUT2D eigenvalue weighted by atomic mass is 9.93. The molecule has 0 aliphatic carbocycles. The second-order valence-corrected chi connectivity index (χ2v) is 6.42. The molecule has 0 radical (unpaired) electrons.